The summed E-state index contributed by atoms with van der Waals surface area (Å²) in [5.41, 5.74) is 13.9. The van der Waals surface area contributed by atoms with Crippen LogP contribution in [0.5, 0.6) is 0 Å². The van der Waals surface area contributed by atoms with Crippen molar-refractivity contribution < 1.29 is 13.6 Å². The zero-order valence-corrected chi connectivity index (χ0v) is 28.4. The fourth-order valence-electron chi connectivity index (χ4n) is 9.93. The number of thiophene rings is 1. The quantitative estimate of drug-likeness (QED) is 0.138. The normalized spacial score (nSPS) is 22.2. The number of benzene rings is 3. The molecule has 1 aliphatic carbocycles. The van der Waals surface area contributed by atoms with E-state index in [1.165, 1.54) is 76.1 Å². The van der Waals surface area contributed by atoms with Gasteiger partial charge < -0.3 is 4.42 Å². The average Bonchev–Trinajstić information content (AvgIpc) is 3.59. The van der Waals surface area contributed by atoms with Gasteiger partial charge in [-0.2, -0.15) is 9.13 Å². The lowest BCUT2D eigenvalue weighted by molar-refractivity contribution is -0.837. The van der Waals surface area contributed by atoms with E-state index < -0.39 is 0 Å². The first-order valence-corrected chi connectivity index (χ1v) is 17.8. The summed E-state index contributed by atoms with van der Waals surface area (Å²) in [6.07, 6.45) is 7.94. The molecule has 0 amide bonds. The number of fused-ring (bicyclic) bond motifs is 17. The number of nitrogens with zero attached hydrogens (tertiary/aromatic N) is 2. The zero-order valence-electron chi connectivity index (χ0n) is 27.6. The monoisotopic (exact) mass is 630 g/mol. The summed E-state index contributed by atoms with van der Waals surface area (Å²) in [5, 5.41) is 3.68. The standard InChI is InChI=1S/C43H38N2OS/c1-7-33-40-39(29-13-9-8-12-28(29)34-14-10-11-19-44(34)40)43(33)21-27-15-16-30-31-17-18-36-37(25(5)26(6)47-36)41(31)46-42(30)38(27)35-20-32(23(2)3)24(4)22-45(35)43/h7-20,22-23,33,39-40H,1,21H2,2-6H3/q+2. The Balaban J connectivity index is 1.30. The lowest BCUT2D eigenvalue weighted by atomic mass is 9.48. The van der Waals surface area contributed by atoms with Crippen molar-refractivity contribution in [2.45, 2.75) is 64.5 Å². The van der Waals surface area contributed by atoms with Crippen molar-refractivity contribution in [3.8, 4) is 22.5 Å². The molecule has 4 aromatic heterocycles. The third kappa shape index (κ3) is 3.27. The number of aromatic nitrogens is 2. The van der Waals surface area contributed by atoms with Gasteiger partial charge in [-0.3, -0.25) is 0 Å². The van der Waals surface area contributed by atoms with Gasteiger partial charge in [-0.25, -0.2) is 0 Å². The molecular weight excluding hydrogens is 593 g/mol. The van der Waals surface area contributed by atoms with Gasteiger partial charge in [0.05, 0.1) is 11.1 Å². The molecule has 7 aromatic rings. The molecule has 0 bridgehead atoms. The van der Waals surface area contributed by atoms with Gasteiger partial charge in [0.2, 0.25) is 11.4 Å². The van der Waals surface area contributed by atoms with E-state index in [0.29, 0.717) is 17.9 Å². The molecule has 10 rings (SSSR count). The Hall–Kier alpha value is -4.54. The first kappa shape index (κ1) is 27.6. The van der Waals surface area contributed by atoms with Gasteiger partial charge in [-0.05, 0) is 73.2 Å². The molecule has 1 saturated carbocycles. The minimum Gasteiger partial charge on any atom is -0.454 e. The van der Waals surface area contributed by atoms with E-state index in [2.05, 4.69) is 142 Å². The highest BCUT2D eigenvalue weighted by atomic mass is 32.1. The first-order chi connectivity index (χ1) is 22.8. The Morgan fingerprint density at radius 3 is 2.55 bits per heavy atom. The van der Waals surface area contributed by atoms with Gasteiger partial charge in [0, 0.05) is 55.9 Å². The summed E-state index contributed by atoms with van der Waals surface area (Å²) in [4.78, 5) is 1.36. The number of pyridine rings is 2. The van der Waals surface area contributed by atoms with Crippen LogP contribution in [0.3, 0.4) is 0 Å². The molecule has 4 atom stereocenters. The second-order valence-electron chi connectivity index (χ2n) is 14.5. The Morgan fingerprint density at radius 2 is 1.72 bits per heavy atom. The van der Waals surface area contributed by atoms with Crippen LogP contribution >= 0.6 is 11.3 Å². The van der Waals surface area contributed by atoms with Gasteiger partial charge >= 0.3 is 0 Å². The molecule has 3 nitrogen and oxygen atoms in total. The Morgan fingerprint density at radius 1 is 0.936 bits per heavy atom. The lowest BCUT2D eigenvalue weighted by Crippen LogP contribution is -2.80. The zero-order chi connectivity index (χ0) is 31.9. The van der Waals surface area contributed by atoms with Gasteiger partial charge in [0.25, 0.3) is 0 Å². The summed E-state index contributed by atoms with van der Waals surface area (Å²) < 4.78 is 13.6. The molecule has 2 aliphatic heterocycles. The number of hydrogen-bond acceptors (Lipinski definition) is 2. The SMILES string of the molecule is C=CC1C2C(c3ccccc3-c3cccc[n+]32)C12Cc1ccc3c(oc4c3ccc3sc(C)c(C)c34)c1-c1cc(C(C)C)c(C)c[n+]12. The largest absolute Gasteiger partial charge is 0.454 e. The van der Waals surface area contributed by atoms with E-state index in [-0.39, 0.29) is 11.5 Å². The number of allylic oxidation sites excluding steroid dienone is 1. The molecule has 4 unspecified atom stereocenters. The van der Waals surface area contributed by atoms with E-state index >= 15 is 0 Å². The smallest absolute Gasteiger partial charge is 0.217 e. The minimum absolute atomic E-state index is 0.195. The van der Waals surface area contributed by atoms with Crippen molar-refractivity contribution in [2.24, 2.45) is 5.92 Å². The summed E-state index contributed by atoms with van der Waals surface area (Å²) in [5.74, 6) is 0.955. The minimum atomic E-state index is -0.195. The summed E-state index contributed by atoms with van der Waals surface area (Å²) in [7, 11) is 0. The molecular formula is C43H38N2OS+2. The van der Waals surface area contributed by atoms with Crippen LogP contribution in [0.15, 0.2) is 102 Å². The Bertz CT molecular complexity index is 2510. The molecule has 0 N–H and O–H groups in total. The van der Waals surface area contributed by atoms with Gasteiger partial charge in [-0.15, -0.1) is 17.9 Å². The fraction of sp³-hybridized carbons (Fsp3) is 0.256. The van der Waals surface area contributed by atoms with Gasteiger partial charge in [-0.1, -0.05) is 50.3 Å². The first-order valence-electron chi connectivity index (χ1n) is 17.0. The molecule has 0 saturated heterocycles. The highest BCUT2D eigenvalue weighted by molar-refractivity contribution is 7.19. The summed E-state index contributed by atoms with van der Waals surface area (Å²) in [6.45, 7) is 15.9. The van der Waals surface area contributed by atoms with E-state index in [0.717, 1.165) is 17.6 Å². The van der Waals surface area contributed by atoms with Crippen molar-refractivity contribution in [3.05, 3.63) is 131 Å². The van der Waals surface area contributed by atoms with Gasteiger partial charge in [0.1, 0.15) is 23.0 Å². The van der Waals surface area contributed by atoms with Crippen molar-refractivity contribution >= 4 is 43.4 Å². The molecule has 3 aliphatic rings. The van der Waals surface area contributed by atoms with E-state index in [9.17, 15) is 0 Å². The Kier molecular flexibility index (Phi) is 5.45. The molecule has 1 fully saturated rings. The number of hydrogen-bond donors (Lipinski definition) is 0. The van der Waals surface area contributed by atoms with Crippen molar-refractivity contribution in [1.82, 2.24) is 0 Å². The maximum absolute atomic E-state index is 7.10. The molecule has 1 spiro atoms. The molecule has 3 aromatic carbocycles. The van der Waals surface area contributed by atoms with Crippen LogP contribution in [0.2, 0.25) is 0 Å². The van der Waals surface area contributed by atoms with Crippen LogP contribution in [-0.2, 0) is 12.0 Å². The molecule has 47 heavy (non-hydrogen) atoms. The van der Waals surface area contributed by atoms with Crippen LogP contribution in [0.25, 0.3) is 54.5 Å². The predicted molar refractivity (Wildman–Crippen MR) is 192 cm³/mol. The van der Waals surface area contributed by atoms with Crippen molar-refractivity contribution in [2.75, 3.05) is 0 Å². The van der Waals surface area contributed by atoms with Gasteiger partial charge in [0.15, 0.2) is 24.0 Å². The topological polar surface area (TPSA) is 20.9 Å². The van der Waals surface area contributed by atoms with Crippen molar-refractivity contribution in [1.29, 1.82) is 0 Å². The third-order valence-corrected chi connectivity index (χ3v) is 13.2. The lowest BCUT2D eigenvalue weighted by Gasteiger charge is -2.56. The van der Waals surface area contributed by atoms with Crippen LogP contribution in [-0.4, -0.2) is 0 Å². The molecule has 6 heterocycles. The maximum Gasteiger partial charge on any atom is 0.217 e. The second kappa shape index (κ2) is 9.29. The van der Waals surface area contributed by atoms with Crippen LogP contribution in [0, 0.1) is 26.7 Å². The maximum atomic E-state index is 7.10. The van der Waals surface area contributed by atoms with Crippen LogP contribution in [0.1, 0.15) is 64.4 Å². The summed E-state index contributed by atoms with van der Waals surface area (Å²) >= 11 is 1.87. The van der Waals surface area contributed by atoms with Crippen LogP contribution < -0.4 is 9.13 Å². The predicted octanol–water partition coefficient (Wildman–Crippen LogP) is 10.2. The third-order valence-electron chi connectivity index (χ3n) is 12.0. The highest BCUT2D eigenvalue weighted by Gasteiger charge is 2.76. The van der Waals surface area contributed by atoms with E-state index in [1.807, 2.05) is 11.3 Å². The highest BCUT2D eigenvalue weighted by Crippen LogP contribution is 2.64. The molecule has 230 valence electrons. The van der Waals surface area contributed by atoms with E-state index in [4.69, 9.17) is 4.42 Å². The summed E-state index contributed by atoms with van der Waals surface area (Å²) in [6, 6.07) is 27.8. The van der Waals surface area contributed by atoms with E-state index in [1.54, 1.807) is 0 Å². The number of rotatable bonds is 2. The average molecular weight is 631 g/mol. The molecule has 4 heteroatoms. The Labute approximate surface area is 279 Å². The molecule has 0 radical (unpaired) electrons. The second-order valence-corrected chi connectivity index (χ2v) is 15.7. The van der Waals surface area contributed by atoms with Crippen LogP contribution in [0.4, 0.5) is 0 Å². The fourth-order valence-corrected chi connectivity index (χ4v) is 11.0. The van der Waals surface area contributed by atoms with Crippen molar-refractivity contribution in [3.63, 3.8) is 0 Å². The number of furan rings is 1. The number of aryl methyl sites for hydroxylation is 3.